The standard InChI is InChI=1S/C21H28N4O3/c1-3-16-20-15(13-19(26)22-21(20)24-23-16)14-6-7-17(18(12-14)27-2)28-11-10-25-8-4-5-9-25/h6-7,12,15H,3-5,8-11,13H2,1-2H3,(H2,22,23,24,26)/t15-/m1/s1. The molecular formula is C21H28N4O3. The zero-order valence-corrected chi connectivity index (χ0v) is 16.6. The first-order valence-electron chi connectivity index (χ1n) is 10.1. The molecule has 2 aliphatic heterocycles. The largest absolute Gasteiger partial charge is 0.493 e. The van der Waals surface area contributed by atoms with Gasteiger partial charge in [0.1, 0.15) is 6.61 Å². The van der Waals surface area contributed by atoms with E-state index < -0.39 is 0 Å². The summed E-state index contributed by atoms with van der Waals surface area (Å²) in [6, 6.07) is 5.98. The maximum absolute atomic E-state index is 12.2. The van der Waals surface area contributed by atoms with Crippen LogP contribution in [0, 0.1) is 0 Å². The molecule has 1 aromatic carbocycles. The predicted molar refractivity (Wildman–Crippen MR) is 107 cm³/mol. The first kappa shape index (κ1) is 18.8. The molecular weight excluding hydrogens is 356 g/mol. The van der Waals surface area contributed by atoms with E-state index in [0.29, 0.717) is 24.6 Å². The van der Waals surface area contributed by atoms with Crippen molar-refractivity contribution in [3.63, 3.8) is 0 Å². The third-order valence-corrected chi connectivity index (χ3v) is 5.69. The third-order valence-electron chi connectivity index (χ3n) is 5.69. The molecule has 150 valence electrons. The first-order chi connectivity index (χ1) is 13.7. The number of amides is 1. The summed E-state index contributed by atoms with van der Waals surface area (Å²) in [4.78, 5) is 14.6. The second-order valence-corrected chi connectivity index (χ2v) is 7.43. The number of likely N-dealkylation sites (tertiary alicyclic amines) is 1. The molecule has 28 heavy (non-hydrogen) atoms. The van der Waals surface area contributed by atoms with Crippen LogP contribution < -0.4 is 14.8 Å². The molecule has 0 bridgehead atoms. The van der Waals surface area contributed by atoms with E-state index in [1.807, 2.05) is 18.2 Å². The summed E-state index contributed by atoms with van der Waals surface area (Å²) in [6.45, 7) is 5.99. The Morgan fingerprint density at radius 1 is 1.25 bits per heavy atom. The van der Waals surface area contributed by atoms with Gasteiger partial charge < -0.3 is 14.8 Å². The molecule has 2 N–H and O–H groups in total. The zero-order valence-electron chi connectivity index (χ0n) is 16.6. The predicted octanol–water partition coefficient (Wildman–Crippen LogP) is 2.93. The Morgan fingerprint density at radius 3 is 2.82 bits per heavy atom. The SMILES string of the molecule is CCc1[nH]nc2c1[C@@H](c1ccc(OCCN3CCCC3)c(OC)c1)CC(=O)N2. The monoisotopic (exact) mass is 384 g/mol. The Morgan fingerprint density at radius 2 is 2.07 bits per heavy atom. The number of aryl methyl sites for hydroxylation is 1. The van der Waals surface area contributed by atoms with E-state index in [9.17, 15) is 4.79 Å². The van der Waals surface area contributed by atoms with Gasteiger partial charge in [0.15, 0.2) is 17.3 Å². The molecule has 7 nitrogen and oxygen atoms in total. The van der Waals surface area contributed by atoms with Crippen molar-refractivity contribution in [1.82, 2.24) is 15.1 Å². The number of benzene rings is 1. The fourth-order valence-corrected chi connectivity index (χ4v) is 4.19. The number of fused-ring (bicyclic) bond motifs is 1. The van der Waals surface area contributed by atoms with Crippen LogP contribution in [-0.2, 0) is 11.2 Å². The van der Waals surface area contributed by atoms with Gasteiger partial charge in [0.25, 0.3) is 0 Å². The lowest BCUT2D eigenvalue weighted by atomic mass is 9.85. The summed E-state index contributed by atoms with van der Waals surface area (Å²) in [5.41, 5.74) is 3.17. The lowest BCUT2D eigenvalue weighted by molar-refractivity contribution is -0.116. The van der Waals surface area contributed by atoms with Crippen molar-refractivity contribution in [3.05, 3.63) is 35.0 Å². The van der Waals surface area contributed by atoms with Crippen LogP contribution in [0.15, 0.2) is 18.2 Å². The van der Waals surface area contributed by atoms with E-state index in [2.05, 4.69) is 27.3 Å². The number of carbonyl (C=O) groups excluding carboxylic acids is 1. The Balaban J connectivity index is 1.54. The van der Waals surface area contributed by atoms with E-state index in [4.69, 9.17) is 9.47 Å². The molecule has 1 aromatic heterocycles. The lowest BCUT2D eigenvalue weighted by Gasteiger charge is -2.24. The van der Waals surface area contributed by atoms with E-state index >= 15 is 0 Å². The van der Waals surface area contributed by atoms with Crippen LogP contribution >= 0.6 is 0 Å². The third kappa shape index (κ3) is 3.71. The summed E-state index contributed by atoms with van der Waals surface area (Å²) in [6.07, 6.45) is 3.80. The van der Waals surface area contributed by atoms with Crippen molar-refractivity contribution in [1.29, 1.82) is 0 Å². The van der Waals surface area contributed by atoms with Gasteiger partial charge in [0, 0.05) is 30.1 Å². The number of anilines is 1. The smallest absolute Gasteiger partial charge is 0.226 e. The summed E-state index contributed by atoms with van der Waals surface area (Å²) >= 11 is 0. The van der Waals surface area contributed by atoms with Gasteiger partial charge in [-0.2, -0.15) is 5.10 Å². The second kappa shape index (κ2) is 8.22. The van der Waals surface area contributed by atoms with Crippen LogP contribution in [0.4, 0.5) is 5.82 Å². The highest BCUT2D eigenvalue weighted by Gasteiger charge is 2.31. The normalized spacial score (nSPS) is 19.4. The Hall–Kier alpha value is -2.54. The van der Waals surface area contributed by atoms with Crippen LogP contribution in [-0.4, -0.2) is 54.4 Å². The first-order valence-corrected chi connectivity index (χ1v) is 10.1. The Bertz CT molecular complexity index is 842. The molecule has 0 aliphatic carbocycles. The molecule has 0 radical (unpaired) electrons. The number of carbonyl (C=O) groups is 1. The zero-order chi connectivity index (χ0) is 19.5. The molecule has 7 heteroatoms. The minimum Gasteiger partial charge on any atom is -0.493 e. The van der Waals surface area contributed by atoms with Crippen LogP contribution in [0.1, 0.15) is 48.9 Å². The van der Waals surface area contributed by atoms with Crippen molar-refractivity contribution >= 4 is 11.7 Å². The molecule has 0 saturated carbocycles. The Kier molecular flexibility index (Phi) is 5.52. The lowest BCUT2D eigenvalue weighted by Crippen LogP contribution is -2.25. The highest BCUT2D eigenvalue weighted by Crippen LogP contribution is 2.41. The van der Waals surface area contributed by atoms with Gasteiger partial charge >= 0.3 is 0 Å². The van der Waals surface area contributed by atoms with E-state index in [1.165, 1.54) is 12.8 Å². The van der Waals surface area contributed by atoms with Crippen LogP contribution in [0.2, 0.25) is 0 Å². The van der Waals surface area contributed by atoms with Crippen molar-refractivity contribution in [2.45, 2.75) is 38.5 Å². The van der Waals surface area contributed by atoms with Gasteiger partial charge in [-0.25, -0.2) is 0 Å². The summed E-state index contributed by atoms with van der Waals surface area (Å²) in [5.74, 6) is 2.03. The number of H-pyrrole nitrogens is 1. The molecule has 2 aromatic rings. The maximum Gasteiger partial charge on any atom is 0.226 e. The van der Waals surface area contributed by atoms with Crippen molar-refractivity contribution in [3.8, 4) is 11.5 Å². The number of nitrogens with one attached hydrogen (secondary N) is 2. The van der Waals surface area contributed by atoms with Crippen molar-refractivity contribution < 1.29 is 14.3 Å². The molecule has 0 unspecified atom stereocenters. The molecule has 1 amide bonds. The Labute approximate surface area is 165 Å². The van der Waals surface area contributed by atoms with E-state index in [0.717, 1.165) is 48.6 Å². The fraction of sp³-hybridized carbons (Fsp3) is 0.524. The summed E-state index contributed by atoms with van der Waals surface area (Å²) in [7, 11) is 1.65. The topological polar surface area (TPSA) is 79.5 Å². The molecule has 4 rings (SSSR count). The number of hydrogen-bond acceptors (Lipinski definition) is 5. The van der Waals surface area contributed by atoms with E-state index in [-0.39, 0.29) is 11.8 Å². The average Bonchev–Trinajstić information content (AvgIpc) is 3.37. The molecule has 1 saturated heterocycles. The molecule has 2 aliphatic rings. The minimum atomic E-state index is -0.0370. The highest BCUT2D eigenvalue weighted by molar-refractivity contribution is 5.94. The average molecular weight is 384 g/mol. The van der Waals surface area contributed by atoms with Gasteiger partial charge in [0.2, 0.25) is 5.91 Å². The van der Waals surface area contributed by atoms with Gasteiger partial charge in [0.05, 0.1) is 7.11 Å². The number of aromatic amines is 1. The number of aromatic nitrogens is 2. The second-order valence-electron chi connectivity index (χ2n) is 7.43. The fourth-order valence-electron chi connectivity index (χ4n) is 4.19. The van der Waals surface area contributed by atoms with Crippen LogP contribution in [0.3, 0.4) is 0 Å². The molecule has 0 spiro atoms. The number of ether oxygens (including phenoxy) is 2. The minimum absolute atomic E-state index is 0.0171. The summed E-state index contributed by atoms with van der Waals surface area (Å²) in [5, 5.41) is 10.2. The van der Waals surface area contributed by atoms with E-state index in [1.54, 1.807) is 7.11 Å². The maximum atomic E-state index is 12.2. The van der Waals surface area contributed by atoms with Crippen molar-refractivity contribution in [2.24, 2.45) is 0 Å². The van der Waals surface area contributed by atoms with Gasteiger partial charge in [-0.15, -0.1) is 0 Å². The quantitative estimate of drug-likeness (QED) is 0.767. The molecule has 1 fully saturated rings. The number of hydrogen-bond donors (Lipinski definition) is 2. The van der Waals surface area contributed by atoms with Crippen LogP contribution in [0.25, 0.3) is 0 Å². The van der Waals surface area contributed by atoms with Crippen molar-refractivity contribution in [2.75, 3.05) is 38.7 Å². The molecule has 1 atom stereocenters. The molecule has 3 heterocycles. The number of rotatable bonds is 7. The van der Waals surface area contributed by atoms with Gasteiger partial charge in [-0.1, -0.05) is 13.0 Å². The summed E-state index contributed by atoms with van der Waals surface area (Å²) < 4.78 is 11.6. The number of methoxy groups -OCH3 is 1. The highest BCUT2D eigenvalue weighted by atomic mass is 16.5. The van der Waals surface area contributed by atoms with Gasteiger partial charge in [-0.3, -0.25) is 14.8 Å². The number of nitrogens with zero attached hydrogens (tertiary/aromatic N) is 2. The van der Waals surface area contributed by atoms with Gasteiger partial charge in [-0.05, 0) is 50.0 Å². The van der Waals surface area contributed by atoms with Crippen LogP contribution in [0.5, 0.6) is 11.5 Å².